The summed E-state index contributed by atoms with van der Waals surface area (Å²) in [6.07, 6.45) is 1.77. The smallest absolute Gasteiger partial charge is 0.159 e. The first-order valence-electron chi connectivity index (χ1n) is 9.61. The number of fused-ring (bicyclic) bond motifs is 1. The van der Waals surface area contributed by atoms with Gasteiger partial charge in [0.2, 0.25) is 0 Å². The van der Waals surface area contributed by atoms with Crippen molar-refractivity contribution in [2.75, 3.05) is 5.01 Å². The van der Waals surface area contributed by atoms with Crippen LogP contribution < -0.4 is 5.01 Å². The van der Waals surface area contributed by atoms with E-state index in [0.717, 1.165) is 33.7 Å². The van der Waals surface area contributed by atoms with Crippen LogP contribution in [-0.4, -0.2) is 20.8 Å². The first-order valence-corrected chi connectivity index (χ1v) is 9.61. The SMILES string of the molecule is CC1=NN(c2ccccc2)C(c2ccc(O)cc2)C1c1ccc2cccnc2n1. The van der Waals surface area contributed by atoms with Gasteiger partial charge in [0.05, 0.1) is 23.3 Å². The highest BCUT2D eigenvalue weighted by molar-refractivity contribution is 5.93. The van der Waals surface area contributed by atoms with Gasteiger partial charge in [0.25, 0.3) is 0 Å². The van der Waals surface area contributed by atoms with Gasteiger partial charge < -0.3 is 5.11 Å². The summed E-state index contributed by atoms with van der Waals surface area (Å²) in [5.41, 5.74) is 4.76. The van der Waals surface area contributed by atoms with Crippen LogP contribution in [0, 0.1) is 0 Å². The van der Waals surface area contributed by atoms with Gasteiger partial charge in [-0.05, 0) is 61.0 Å². The van der Waals surface area contributed by atoms with Crippen molar-refractivity contribution >= 4 is 22.4 Å². The number of aromatic hydroxyl groups is 1. The predicted octanol–water partition coefficient (Wildman–Crippen LogP) is 5.06. The number of rotatable bonds is 3. The lowest BCUT2D eigenvalue weighted by molar-refractivity contribution is 0.474. The van der Waals surface area contributed by atoms with Crippen LogP contribution in [0.15, 0.2) is 90.2 Å². The Hall–Kier alpha value is -3.73. The largest absolute Gasteiger partial charge is 0.508 e. The van der Waals surface area contributed by atoms with E-state index < -0.39 is 0 Å². The molecule has 5 rings (SSSR count). The molecule has 0 spiro atoms. The molecule has 1 N–H and O–H groups in total. The number of hydrogen-bond donors (Lipinski definition) is 1. The molecule has 2 atom stereocenters. The fourth-order valence-electron chi connectivity index (χ4n) is 3.98. The van der Waals surface area contributed by atoms with Crippen molar-refractivity contribution in [3.8, 4) is 5.75 Å². The number of anilines is 1. The highest BCUT2D eigenvalue weighted by Gasteiger charge is 2.39. The maximum absolute atomic E-state index is 9.77. The minimum atomic E-state index is -0.0633. The highest BCUT2D eigenvalue weighted by atomic mass is 16.3. The molecule has 5 nitrogen and oxygen atoms in total. The molecule has 0 amide bonds. The minimum Gasteiger partial charge on any atom is -0.508 e. The van der Waals surface area contributed by atoms with Gasteiger partial charge >= 0.3 is 0 Å². The van der Waals surface area contributed by atoms with Gasteiger partial charge in [-0.15, -0.1) is 0 Å². The summed E-state index contributed by atoms with van der Waals surface area (Å²) in [6, 6.07) is 25.5. The first-order chi connectivity index (χ1) is 14.2. The average molecular weight is 380 g/mol. The molecule has 4 aromatic rings. The highest BCUT2D eigenvalue weighted by Crippen LogP contribution is 2.44. The van der Waals surface area contributed by atoms with Crippen molar-refractivity contribution < 1.29 is 5.11 Å². The fraction of sp³-hybridized carbons (Fsp3) is 0.125. The van der Waals surface area contributed by atoms with Crippen molar-refractivity contribution in [3.05, 3.63) is 96.3 Å². The Bertz CT molecular complexity index is 1190. The van der Waals surface area contributed by atoms with E-state index in [1.54, 1.807) is 18.3 Å². The summed E-state index contributed by atoms with van der Waals surface area (Å²) in [7, 11) is 0. The van der Waals surface area contributed by atoms with E-state index in [2.05, 4.69) is 34.3 Å². The number of hydrogen-bond acceptors (Lipinski definition) is 5. The van der Waals surface area contributed by atoms with Crippen LogP contribution in [0.4, 0.5) is 5.69 Å². The molecular formula is C24H20N4O. The van der Waals surface area contributed by atoms with Crippen molar-refractivity contribution in [1.29, 1.82) is 0 Å². The third kappa shape index (κ3) is 3.10. The van der Waals surface area contributed by atoms with E-state index in [-0.39, 0.29) is 17.7 Å². The Morgan fingerprint density at radius 3 is 2.45 bits per heavy atom. The van der Waals surface area contributed by atoms with Gasteiger partial charge in [0, 0.05) is 17.3 Å². The second kappa shape index (κ2) is 7.02. The van der Waals surface area contributed by atoms with Gasteiger partial charge in [-0.3, -0.25) is 5.01 Å². The molecule has 1 aliphatic heterocycles. The van der Waals surface area contributed by atoms with Gasteiger partial charge in [-0.2, -0.15) is 5.10 Å². The second-order valence-electron chi connectivity index (χ2n) is 7.22. The van der Waals surface area contributed by atoms with Gasteiger partial charge in [0.15, 0.2) is 5.65 Å². The summed E-state index contributed by atoms with van der Waals surface area (Å²) in [4.78, 5) is 9.29. The number of para-hydroxylation sites is 1. The maximum Gasteiger partial charge on any atom is 0.159 e. The zero-order valence-corrected chi connectivity index (χ0v) is 16.0. The Kier molecular flexibility index (Phi) is 4.21. The topological polar surface area (TPSA) is 61.6 Å². The molecule has 1 aliphatic rings. The first kappa shape index (κ1) is 17.4. The molecule has 0 saturated heterocycles. The van der Waals surface area contributed by atoms with Crippen molar-refractivity contribution in [1.82, 2.24) is 9.97 Å². The van der Waals surface area contributed by atoms with Gasteiger partial charge in [-0.25, -0.2) is 9.97 Å². The van der Waals surface area contributed by atoms with E-state index in [1.807, 2.05) is 49.4 Å². The number of phenolic OH excluding ortho intramolecular Hbond substituents is 1. The number of nitrogens with zero attached hydrogens (tertiary/aromatic N) is 4. The number of pyridine rings is 2. The van der Waals surface area contributed by atoms with Crippen LogP contribution >= 0.6 is 0 Å². The van der Waals surface area contributed by atoms with Crippen LogP contribution in [0.2, 0.25) is 0 Å². The minimum absolute atomic E-state index is 0.0221. The van der Waals surface area contributed by atoms with Crippen LogP contribution in [0.3, 0.4) is 0 Å². The average Bonchev–Trinajstić information content (AvgIpc) is 3.11. The van der Waals surface area contributed by atoms with Gasteiger partial charge in [0.1, 0.15) is 5.75 Å². The molecule has 0 bridgehead atoms. The van der Waals surface area contributed by atoms with E-state index in [9.17, 15) is 5.11 Å². The number of benzene rings is 2. The Labute approximate surface area is 169 Å². The van der Waals surface area contributed by atoms with Crippen molar-refractivity contribution in [3.63, 3.8) is 0 Å². The standard InChI is InChI=1S/C24H20N4O/c1-16-22(21-14-11-18-6-5-15-25-24(18)26-21)23(17-9-12-20(29)13-10-17)28(27-16)19-7-3-2-4-8-19/h2-15,22-23,29H,1H3. The summed E-state index contributed by atoms with van der Waals surface area (Å²) < 4.78 is 0. The zero-order chi connectivity index (χ0) is 19.8. The van der Waals surface area contributed by atoms with E-state index in [4.69, 9.17) is 10.1 Å². The lowest BCUT2D eigenvalue weighted by atomic mass is 9.87. The molecule has 3 heterocycles. The molecule has 2 aromatic carbocycles. The molecule has 2 unspecified atom stereocenters. The van der Waals surface area contributed by atoms with Crippen molar-refractivity contribution in [2.45, 2.75) is 18.9 Å². The van der Waals surface area contributed by atoms with Crippen LogP contribution in [0.5, 0.6) is 5.75 Å². The number of aromatic nitrogens is 2. The number of hydrazone groups is 1. The molecule has 0 saturated carbocycles. The van der Waals surface area contributed by atoms with E-state index in [0.29, 0.717) is 0 Å². The lowest BCUT2D eigenvalue weighted by Gasteiger charge is -2.28. The molecule has 142 valence electrons. The summed E-state index contributed by atoms with van der Waals surface area (Å²) >= 11 is 0. The summed E-state index contributed by atoms with van der Waals surface area (Å²) in [6.45, 7) is 2.05. The van der Waals surface area contributed by atoms with E-state index >= 15 is 0 Å². The predicted molar refractivity (Wildman–Crippen MR) is 115 cm³/mol. The molecule has 29 heavy (non-hydrogen) atoms. The van der Waals surface area contributed by atoms with Gasteiger partial charge in [-0.1, -0.05) is 30.3 Å². The molecule has 0 radical (unpaired) electrons. The number of phenols is 1. The second-order valence-corrected chi connectivity index (χ2v) is 7.22. The summed E-state index contributed by atoms with van der Waals surface area (Å²) in [5, 5.41) is 17.7. The molecule has 5 heteroatoms. The van der Waals surface area contributed by atoms with Crippen LogP contribution in [-0.2, 0) is 0 Å². The Morgan fingerprint density at radius 1 is 0.862 bits per heavy atom. The third-order valence-electron chi connectivity index (χ3n) is 5.35. The lowest BCUT2D eigenvalue weighted by Crippen LogP contribution is -2.24. The monoisotopic (exact) mass is 380 g/mol. The molecule has 0 fully saturated rings. The fourth-order valence-corrected chi connectivity index (χ4v) is 3.98. The Morgan fingerprint density at radius 2 is 1.66 bits per heavy atom. The molecular weight excluding hydrogens is 360 g/mol. The Balaban J connectivity index is 1.65. The summed E-state index contributed by atoms with van der Waals surface area (Å²) in [5.74, 6) is 0.228. The molecule has 2 aromatic heterocycles. The third-order valence-corrected chi connectivity index (χ3v) is 5.35. The van der Waals surface area contributed by atoms with Crippen LogP contribution in [0.1, 0.15) is 30.1 Å². The zero-order valence-electron chi connectivity index (χ0n) is 16.0. The van der Waals surface area contributed by atoms with Crippen LogP contribution in [0.25, 0.3) is 11.0 Å². The van der Waals surface area contributed by atoms with Crippen molar-refractivity contribution in [2.24, 2.45) is 5.10 Å². The van der Waals surface area contributed by atoms with E-state index in [1.165, 1.54) is 0 Å². The normalized spacial score (nSPS) is 18.8. The maximum atomic E-state index is 9.77. The quantitative estimate of drug-likeness (QED) is 0.540. The molecule has 0 aliphatic carbocycles.